The summed E-state index contributed by atoms with van der Waals surface area (Å²) in [6, 6.07) is 18.5. The highest BCUT2D eigenvalue weighted by molar-refractivity contribution is 7.19. The SMILES string of the molecule is CC(C)N1CCC(N)CC1.O=C(O)c1cc2ccccc2n1Cc1cc2ccc(Cl)cc2s1. The fourth-order valence-electron chi connectivity index (χ4n) is 4.29. The number of nitrogens with zero attached hydrogens (tertiary/aromatic N) is 2. The van der Waals surface area contributed by atoms with Crippen LogP contribution in [0.15, 0.2) is 54.6 Å². The van der Waals surface area contributed by atoms with Crippen molar-refractivity contribution >= 4 is 49.9 Å². The number of thiophene rings is 1. The average Bonchev–Trinajstić information content (AvgIpc) is 3.35. The van der Waals surface area contributed by atoms with Crippen LogP contribution in [0.5, 0.6) is 0 Å². The second-order valence-electron chi connectivity index (χ2n) is 8.84. The molecule has 3 N–H and O–H groups in total. The molecule has 0 bridgehead atoms. The number of para-hydroxylation sites is 1. The van der Waals surface area contributed by atoms with Gasteiger partial charge in [0.1, 0.15) is 5.69 Å². The van der Waals surface area contributed by atoms with Gasteiger partial charge in [0, 0.05) is 37.6 Å². The summed E-state index contributed by atoms with van der Waals surface area (Å²) >= 11 is 7.68. The summed E-state index contributed by atoms with van der Waals surface area (Å²) < 4.78 is 2.96. The molecule has 5 nitrogen and oxygen atoms in total. The smallest absolute Gasteiger partial charge is 0.352 e. The molecule has 1 aliphatic heterocycles. The second-order valence-corrected chi connectivity index (χ2v) is 10.4. The zero-order chi connectivity index (χ0) is 23.5. The predicted molar refractivity (Wildman–Crippen MR) is 139 cm³/mol. The van der Waals surface area contributed by atoms with Crippen molar-refractivity contribution in [2.24, 2.45) is 5.73 Å². The Hall–Kier alpha value is -2.38. The van der Waals surface area contributed by atoms with Crippen LogP contribution in [0.1, 0.15) is 42.1 Å². The Kier molecular flexibility index (Phi) is 7.39. The van der Waals surface area contributed by atoms with E-state index in [4.69, 9.17) is 17.3 Å². The molecule has 0 radical (unpaired) electrons. The predicted octanol–water partition coefficient (Wildman–Crippen LogP) is 6.07. The molecule has 0 spiro atoms. The maximum Gasteiger partial charge on any atom is 0.352 e. The molecule has 33 heavy (non-hydrogen) atoms. The van der Waals surface area contributed by atoms with Gasteiger partial charge in [-0.1, -0.05) is 35.9 Å². The van der Waals surface area contributed by atoms with E-state index in [-0.39, 0.29) is 0 Å². The first-order valence-corrected chi connectivity index (χ1v) is 12.5. The number of hydrogen-bond donors (Lipinski definition) is 2. The second kappa shape index (κ2) is 10.3. The maximum absolute atomic E-state index is 11.6. The zero-order valence-corrected chi connectivity index (χ0v) is 20.6. The van der Waals surface area contributed by atoms with Gasteiger partial charge in [-0.25, -0.2) is 4.79 Å². The molecule has 1 saturated heterocycles. The standard InChI is InChI=1S/C18H12ClNO2S.C8H18N2/c19-13-6-5-12-7-14(23-17(12)9-13)10-20-15-4-2-1-3-11(15)8-16(20)18(21)22;1-7(2)10-5-3-8(9)4-6-10/h1-9H,10H2,(H,21,22);7-8H,3-6,9H2,1-2H3. The topological polar surface area (TPSA) is 71.5 Å². The number of piperidine rings is 1. The number of aromatic nitrogens is 1. The number of rotatable bonds is 4. The molecule has 3 heterocycles. The van der Waals surface area contributed by atoms with Gasteiger partial charge in [0.05, 0.1) is 6.54 Å². The third kappa shape index (κ3) is 5.58. The van der Waals surface area contributed by atoms with E-state index >= 15 is 0 Å². The number of benzene rings is 2. The maximum atomic E-state index is 11.6. The largest absolute Gasteiger partial charge is 0.477 e. The van der Waals surface area contributed by atoms with Crippen LogP contribution in [-0.4, -0.2) is 45.7 Å². The number of aromatic carboxylic acids is 1. The highest BCUT2D eigenvalue weighted by Gasteiger charge is 2.17. The number of carbonyl (C=O) groups is 1. The molecule has 1 aliphatic rings. The summed E-state index contributed by atoms with van der Waals surface area (Å²) in [4.78, 5) is 15.2. The molecule has 5 rings (SSSR count). The first-order valence-electron chi connectivity index (χ1n) is 11.3. The van der Waals surface area contributed by atoms with Gasteiger partial charge in [-0.15, -0.1) is 11.3 Å². The number of carboxylic acid groups (broad SMARTS) is 1. The summed E-state index contributed by atoms with van der Waals surface area (Å²) in [6.07, 6.45) is 2.36. The number of likely N-dealkylation sites (tertiary alicyclic amines) is 1. The van der Waals surface area contributed by atoms with E-state index in [9.17, 15) is 9.90 Å². The number of hydrogen-bond acceptors (Lipinski definition) is 4. The molecule has 7 heteroatoms. The van der Waals surface area contributed by atoms with Gasteiger partial charge in [-0.3, -0.25) is 0 Å². The molecule has 0 atom stereocenters. The van der Waals surface area contributed by atoms with Crippen molar-refractivity contribution in [3.05, 3.63) is 70.2 Å². The lowest BCUT2D eigenvalue weighted by Crippen LogP contribution is -2.42. The van der Waals surface area contributed by atoms with Crippen LogP contribution in [0.2, 0.25) is 5.02 Å². The summed E-state index contributed by atoms with van der Waals surface area (Å²) in [5, 5.41) is 12.3. The Morgan fingerprint density at radius 2 is 1.85 bits per heavy atom. The fraction of sp³-hybridized carbons (Fsp3) is 0.346. The molecule has 0 unspecified atom stereocenters. The number of fused-ring (bicyclic) bond motifs is 2. The summed E-state index contributed by atoms with van der Waals surface area (Å²) in [5.41, 5.74) is 7.01. The van der Waals surface area contributed by atoms with Crippen LogP contribution in [0.25, 0.3) is 21.0 Å². The van der Waals surface area contributed by atoms with Gasteiger partial charge in [-0.2, -0.15) is 0 Å². The van der Waals surface area contributed by atoms with E-state index in [0.717, 1.165) is 25.9 Å². The zero-order valence-electron chi connectivity index (χ0n) is 19.0. The first-order chi connectivity index (χ1) is 15.8. The normalized spacial score (nSPS) is 15.2. The van der Waals surface area contributed by atoms with Crippen LogP contribution in [0.3, 0.4) is 0 Å². The van der Waals surface area contributed by atoms with E-state index in [0.29, 0.717) is 29.3 Å². The molecule has 0 saturated carbocycles. The van der Waals surface area contributed by atoms with Crippen LogP contribution in [0, 0.1) is 0 Å². The van der Waals surface area contributed by atoms with Gasteiger partial charge in [0.25, 0.3) is 0 Å². The molecule has 0 aliphatic carbocycles. The lowest BCUT2D eigenvalue weighted by molar-refractivity contribution is 0.0686. The quantitative estimate of drug-likeness (QED) is 0.369. The van der Waals surface area contributed by atoms with E-state index in [1.54, 1.807) is 17.4 Å². The Bertz CT molecular complexity index is 1260. The van der Waals surface area contributed by atoms with Gasteiger partial charge in [0.2, 0.25) is 0 Å². The monoisotopic (exact) mass is 483 g/mol. The molecule has 1 fully saturated rings. The van der Waals surface area contributed by atoms with Crippen molar-refractivity contribution in [2.75, 3.05) is 13.1 Å². The summed E-state index contributed by atoms with van der Waals surface area (Å²) in [6.45, 7) is 7.41. The molecule has 4 aromatic rings. The molecular formula is C26H30ClN3O2S. The minimum absolute atomic E-state index is 0.307. The van der Waals surface area contributed by atoms with Gasteiger partial charge < -0.3 is 20.3 Å². The molecule has 2 aromatic carbocycles. The lowest BCUT2D eigenvalue weighted by atomic mass is 10.1. The summed E-state index contributed by atoms with van der Waals surface area (Å²) in [7, 11) is 0. The van der Waals surface area contributed by atoms with Gasteiger partial charge in [-0.05, 0) is 75.5 Å². The highest BCUT2D eigenvalue weighted by Crippen LogP contribution is 2.30. The lowest BCUT2D eigenvalue weighted by Gasteiger charge is -2.32. The third-order valence-corrected chi connectivity index (χ3v) is 7.50. The van der Waals surface area contributed by atoms with Crippen LogP contribution < -0.4 is 5.73 Å². The number of carboxylic acids is 1. The van der Waals surface area contributed by atoms with Crippen molar-refractivity contribution in [2.45, 2.75) is 45.3 Å². The number of halogens is 1. The van der Waals surface area contributed by atoms with Gasteiger partial charge in [0.15, 0.2) is 0 Å². The average molecular weight is 484 g/mol. The Morgan fingerprint density at radius 1 is 1.12 bits per heavy atom. The Labute approximate surface area is 203 Å². The van der Waals surface area contributed by atoms with Gasteiger partial charge >= 0.3 is 5.97 Å². The fourth-order valence-corrected chi connectivity index (χ4v) is 5.62. The molecular weight excluding hydrogens is 454 g/mol. The van der Waals surface area contributed by atoms with Crippen LogP contribution in [0.4, 0.5) is 0 Å². The van der Waals surface area contributed by atoms with E-state index in [2.05, 4.69) is 24.8 Å². The van der Waals surface area contributed by atoms with E-state index < -0.39 is 5.97 Å². The van der Waals surface area contributed by atoms with Crippen molar-refractivity contribution in [1.29, 1.82) is 0 Å². The van der Waals surface area contributed by atoms with Crippen LogP contribution >= 0.6 is 22.9 Å². The Morgan fingerprint density at radius 3 is 2.55 bits per heavy atom. The van der Waals surface area contributed by atoms with E-state index in [1.165, 1.54) is 25.9 Å². The highest BCUT2D eigenvalue weighted by atomic mass is 35.5. The third-order valence-electron chi connectivity index (χ3n) is 6.18. The minimum Gasteiger partial charge on any atom is -0.477 e. The van der Waals surface area contributed by atoms with Crippen molar-refractivity contribution < 1.29 is 9.90 Å². The molecule has 2 aromatic heterocycles. The van der Waals surface area contributed by atoms with Crippen molar-refractivity contribution in [1.82, 2.24) is 9.47 Å². The van der Waals surface area contributed by atoms with Crippen molar-refractivity contribution in [3.8, 4) is 0 Å². The Balaban J connectivity index is 0.000000219. The molecule has 174 valence electrons. The molecule has 0 amide bonds. The van der Waals surface area contributed by atoms with Crippen molar-refractivity contribution in [3.63, 3.8) is 0 Å². The van der Waals surface area contributed by atoms with Crippen LogP contribution in [-0.2, 0) is 6.54 Å². The summed E-state index contributed by atoms with van der Waals surface area (Å²) in [5.74, 6) is -0.912. The first kappa shape index (κ1) is 23.8. The van der Waals surface area contributed by atoms with E-state index in [1.807, 2.05) is 47.0 Å². The minimum atomic E-state index is -0.912. The number of nitrogens with two attached hydrogens (primary N) is 1.